The van der Waals surface area contributed by atoms with Gasteiger partial charge in [-0.15, -0.1) is 0 Å². The monoisotopic (exact) mass is 455 g/mol. The molecule has 0 saturated carbocycles. The van der Waals surface area contributed by atoms with Gasteiger partial charge in [-0.05, 0) is 29.9 Å². The zero-order chi connectivity index (χ0) is 24.1. The number of aliphatic hydroxyl groups is 1. The quantitative estimate of drug-likeness (QED) is 0.452. The van der Waals surface area contributed by atoms with E-state index in [0.29, 0.717) is 19.5 Å². The van der Waals surface area contributed by atoms with Crippen molar-refractivity contribution in [2.45, 2.75) is 52.4 Å². The molecule has 2 rings (SSSR count). The van der Waals surface area contributed by atoms with Crippen molar-refractivity contribution in [1.82, 2.24) is 15.5 Å². The Hall–Kier alpha value is -3.06. The maximum atomic E-state index is 12.6. The van der Waals surface area contributed by atoms with E-state index >= 15 is 0 Å². The van der Waals surface area contributed by atoms with Crippen LogP contribution in [0.25, 0.3) is 0 Å². The molecule has 3 N–H and O–H groups in total. The molecule has 0 heterocycles. The molecule has 0 fully saturated rings. The Kier molecular flexibility index (Phi) is 11.2. The van der Waals surface area contributed by atoms with E-state index in [1.165, 1.54) is 0 Å². The predicted molar refractivity (Wildman–Crippen MR) is 130 cm³/mol. The first kappa shape index (κ1) is 26.2. The van der Waals surface area contributed by atoms with Crippen LogP contribution in [-0.2, 0) is 17.8 Å². The van der Waals surface area contributed by atoms with Crippen molar-refractivity contribution in [1.29, 1.82) is 0 Å². The Morgan fingerprint density at radius 1 is 0.970 bits per heavy atom. The molecule has 0 bridgehead atoms. The fourth-order valence-corrected chi connectivity index (χ4v) is 3.45. The maximum absolute atomic E-state index is 12.6. The van der Waals surface area contributed by atoms with Crippen LogP contribution < -0.4 is 10.6 Å². The topological polar surface area (TPSA) is 90.9 Å². The van der Waals surface area contributed by atoms with Gasteiger partial charge >= 0.3 is 12.1 Å². The van der Waals surface area contributed by atoms with Crippen molar-refractivity contribution in [2.24, 2.45) is 5.92 Å². The van der Waals surface area contributed by atoms with Crippen LogP contribution in [0.2, 0.25) is 0 Å². The van der Waals surface area contributed by atoms with Crippen molar-refractivity contribution in [3.05, 3.63) is 71.8 Å². The minimum absolute atomic E-state index is 0.101. The normalized spacial score (nSPS) is 12.6. The SMILES string of the molecule is CCCNC(=O)N(CC(C)C)C[C@@H](O)[C@H](Cc1ccccc1)NC(=O)OCc1ccccc1. The average Bonchev–Trinajstić information content (AvgIpc) is 2.81. The molecule has 0 radical (unpaired) electrons. The van der Waals surface area contributed by atoms with Crippen LogP contribution in [0.15, 0.2) is 60.7 Å². The summed E-state index contributed by atoms with van der Waals surface area (Å²) >= 11 is 0. The van der Waals surface area contributed by atoms with Crippen LogP contribution in [0.1, 0.15) is 38.3 Å². The van der Waals surface area contributed by atoms with Crippen LogP contribution in [0, 0.1) is 5.92 Å². The maximum Gasteiger partial charge on any atom is 0.407 e. The molecule has 0 aliphatic carbocycles. The summed E-state index contributed by atoms with van der Waals surface area (Å²) in [5, 5.41) is 16.8. The van der Waals surface area contributed by atoms with Gasteiger partial charge in [0.05, 0.1) is 18.7 Å². The smallest absolute Gasteiger partial charge is 0.407 e. The molecule has 180 valence electrons. The second kappa shape index (κ2) is 14.2. The summed E-state index contributed by atoms with van der Waals surface area (Å²) in [6.07, 6.45) is -0.339. The highest BCUT2D eigenvalue weighted by atomic mass is 16.5. The lowest BCUT2D eigenvalue weighted by Gasteiger charge is -2.31. The van der Waals surface area contributed by atoms with Crippen LogP contribution in [-0.4, -0.2) is 53.9 Å². The summed E-state index contributed by atoms with van der Waals surface area (Å²) in [5.74, 6) is 0.237. The predicted octanol–water partition coefficient (Wildman–Crippen LogP) is 3.96. The van der Waals surface area contributed by atoms with Gasteiger partial charge in [0.2, 0.25) is 0 Å². The van der Waals surface area contributed by atoms with Gasteiger partial charge in [-0.2, -0.15) is 0 Å². The first-order chi connectivity index (χ1) is 15.9. The molecule has 0 aromatic heterocycles. The van der Waals surface area contributed by atoms with Crippen molar-refractivity contribution >= 4 is 12.1 Å². The molecule has 0 aliphatic rings. The number of aliphatic hydroxyl groups excluding tert-OH is 1. The molecule has 7 heteroatoms. The number of hydrogen-bond acceptors (Lipinski definition) is 4. The Balaban J connectivity index is 2.07. The molecule has 3 amide bonds. The number of amides is 3. The van der Waals surface area contributed by atoms with E-state index in [9.17, 15) is 14.7 Å². The third-order valence-corrected chi connectivity index (χ3v) is 5.09. The summed E-state index contributed by atoms with van der Waals surface area (Å²) in [6, 6.07) is 18.2. The summed E-state index contributed by atoms with van der Waals surface area (Å²) in [6.45, 7) is 7.34. The number of benzene rings is 2. The molecule has 2 atom stereocenters. The third-order valence-electron chi connectivity index (χ3n) is 5.09. The molecule has 0 aliphatic heterocycles. The van der Waals surface area contributed by atoms with Crippen molar-refractivity contribution in [3.8, 4) is 0 Å². The van der Waals surface area contributed by atoms with E-state index in [2.05, 4.69) is 10.6 Å². The van der Waals surface area contributed by atoms with Gasteiger partial charge in [0.25, 0.3) is 0 Å². The van der Waals surface area contributed by atoms with E-state index in [0.717, 1.165) is 17.5 Å². The largest absolute Gasteiger partial charge is 0.445 e. The summed E-state index contributed by atoms with van der Waals surface area (Å²) in [4.78, 5) is 26.8. The number of hydrogen-bond donors (Lipinski definition) is 3. The molecule has 0 unspecified atom stereocenters. The van der Waals surface area contributed by atoms with Gasteiger partial charge < -0.3 is 25.4 Å². The molecule has 7 nitrogen and oxygen atoms in total. The van der Waals surface area contributed by atoms with Gasteiger partial charge in [-0.3, -0.25) is 0 Å². The van der Waals surface area contributed by atoms with Gasteiger partial charge in [-0.25, -0.2) is 9.59 Å². The Morgan fingerprint density at radius 2 is 1.58 bits per heavy atom. The second-order valence-corrected chi connectivity index (χ2v) is 8.60. The van der Waals surface area contributed by atoms with E-state index in [1.807, 2.05) is 81.4 Å². The molecule has 2 aromatic rings. The molecule has 0 spiro atoms. The van der Waals surface area contributed by atoms with E-state index in [1.54, 1.807) is 4.90 Å². The molecular weight excluding hydrogens is 418 g/mol. The number of nitrogens with one attached hydrogen (secondary N) is 2. The van der Waals surface area contributed by atoms with E-state index < -0.39 is 18.2 Å². The van der Waals surface area contributed by atoms with Crippen LogP contribution >= 0.6 is 0 Å². The number of ether oxygens (including phenoxy) is 1. The van der Waals surface area contributed by atoms with Crippen molar-refractivity contribution in [2.75, 3.05) is 19.6 Å². The number of carbonyl (C=O) groups is 2. The van der Waals surface area contributed by atoms with Gasteiger partial charge in [0.15, 0.2) is 0 Å². The van der Waals surface area contributed by atoms with Gasteiger partial charge in [0, 0.05) is 13.1 Å². The highest BCUT2D eigenvalue weighted by Crippen LogP contribution is 2.11. The number of nitrogens with zero attached hydrogens (tertiary/aromatic N) is 1. The summed E-state index contributed by atoms with van der Waals surface area (Å²) < 4.78 is 5.36. The van der Waals surface area contributed by atoms with Gasteiger partial charge in [0.1, 0.15) is 6.61 Å². The molecule has 2 aromatic carbocycles. The fourth-order valence-electron chi connectivity index (χ4n) is 3.45. The summed E-state index contributed by atoms with van der Waals surface area (Å²) in [5.41, 5.74) is 1.85. The number of rotatable bonds is 12. The zero-order valence-electron chi connectivity index (χ0n) is 19.9. The third kappa shape index (κ3) is 9.95. The average molecular weight is 456 g/mol. The number of carbonyl (C=O) groups excluding carboxylic acids is 2. The highest BCUT2D eigenvalue weighted by Gasteiger charge is 2.27. The number of urea groups is 1. The number of alkyl carbamates (subject to hydrolysis) is 1. The lowest BCUT2D eigenvalue weighted by atomic mass is 10.0. The summed E-state index contributed by atoms with van der Waals surface area (Å²) in [7, 11) is 0. The molecule has 33 heavy (non-hydrogen) atoms. The van der Waals surface area contributed by atoms with Crippen molar-refractivity contribution < 1.29 is 19.4 Å². The first-order valence-electron chi connectivity index (χ1n) is 11.6. The van der Waals surface area contributed by atoms with E-state index in [-0.39, 0.29) is 25.1 Å². The molecule has 0 saturated heterocycles. The Morgan fingerprint density at radius 3 is 2.15 bits per heavy atom. The molecular formula is C26H37N3O4. The van der Waals surface area contributed by atoms with Crippen LogP contribution in [0.5, 0.6) is 0 Å². The Bertz CT molecular complexity index is 830. The highest BCUT2D eigenvalue weighted by molar-refractivity contribution is 5.74. The fraction of sp³-hybridized carbons (Fsp3) is 0.462. The van der Waals surface area contributed by atoms with Crippen molar-refractivity contribution in [3.63, 3.8) is 0 Å². The van der Waals surface area contributed by atoms with E-state index in [4.69, 9.17) is 4.74 Å². The van der Waals surface area contributed by atoms with Gasteiger partial charge in [-0.1, -0.05) is 81.4 Å². The Labute approximate surface area is 197 Å². The lowest BCUT2D eigenvalue weighted by Crippen LogP contribution is -2.53. The lowest BCUT2D eigenvalue weighted by molar-refractivity contribution is 0.0760. The van der Waals surface area contributed by atoms with Crippen LogP contribution in [0.4, 0.5) is 9.59 Å². The first-order valence-corrected chi connectivity index (χ1v) is 11.6. The second-order valence-electron chi connectivity index (χ2n) is 8.60. The van der Waals surface area contributed by atoms with Crippen LogP contribution in [0.3, 0.4) is 0 Å². The minimum Gasteiger partial charge on any atom is -0.445 e. The minimum atomic E-state index is -0.972. The standard InChI is InChI=1S/C26H37N3O4/c1-4-15-27-25(31)29(17-20(2)3)18-24(30)23(16-21-11-7-5-8-12-21)28-26(32)33-19-22-13-9-6-10-14-22/h5-14,20,23-24,30H,4,15-19H2,1-3H3,(H,27,31)(H,28,32)/t23-,24+/m0/s1. The zero-order valence-corrected chi connectivity index (χ0v) is 19.9.